The van der Waals surface area contributed by atoms with Crippen molar-refractivity contribution in [3.63, 3.8) is 0 Å². The van der Waals surface area contributed by atoms with E-state index in [-0.39, 0.29) is 6.09 Å². The van der Waals surface area contributed by atoms with E-state index < -0.39 is 5.60 Å². The number of aromatic nitrogens is 3. The molecule has 0 atom stereocenters. The average molecular weight is 353 g/mol. The molecule has 4 rings (SSSR count). The van der Waals surface area contributed by atoms with Crippen LogP contribution in [0.2, 0.25) is 0 Å². The van der Waals surface area contributed by atoms with Crippen molar-refractivity contribution in [2.45, 2.75) is 26.4 Å². The summed E-state index contributed by atoms with van der Waals surface area (Å²) in [6, 6.07) is 0. The number of fused-ring (bicyclic) bond motifs is 1. The van der Waals surface area contributed by atoms with Crippen LogP contribution in [-0.2, 0) is 4.74 Å². The van der Waals surface area contributed by atoms with Crippen molar-refractivity contribution in [2.75, 3.05) is 31.1 Å². The van der Waals surface area contributed by atoms with Crippen LogP contribution in [0.25, 0.3) is 16.6 Å². The standard InChI is InChI=1S/C19H23N5O2/c1-19(2,3)26-18(25)24-9-7-23(8-10-24)16-14(13-5-4-6-13)11-20-17-15(16)12-21-22-17/h4-6,11-12H,7-10H2,1-3H3,(H,20,21,22). The first-order valence-electron chi connectivity index (χ1n) is 8.86. The highest BCUT2D eigenvalue weighted by molar-refractivity contribution is 5.99. The molecular weight excluding hydrogens is 330 g/mol. The SMILES string of the molecule is CC(C)(C)OC(=O)N1CCN(c2c(C3=CC=C3)cnc3[nH]ncc23)CC1. The number of ether oxygens (including phenoxy) is 1. The molecule has 0 saturated carbocycles. The molecule has 2 aromatic rings. The molecule has 1 saturated heterocycles. The minimum absolute atomic E-state index is 0.245. The Morgan fingerprint density at radius 1 is 1.19 bits per heavy atom. The van der Waals surface area contributed by atoms with Crippen LogP contribution in [0.1, 0.15) is 26.3 Å². The number of allylic oxidation sites excluding steroid dienone is 4. The fourth-order valence-electron chi connectivity index (χ4n) is 3.25. The number of hydrogen-bond acceptors (Lipinski definition) is 5. The molecule has 0 spiro atoms. The van der Waals surface area contributed by atoms with Crippen LogP contribution in [0.5, 0.6) is 0 Å². The number of amides is 1. The van der Waals surface area contributed by atoms with Crippen LogP contribution in [0.4, 0.5) is 10.5 Å². The van der Waals surface area contributed by atoms with Gasteiger partial charge in [0.2, 0.25) is 0 Å². The van der Waals surface area contributed by atoms with E-state index in [1.165, 1.54) is 5.57 Å². The number of carbonyl (C=O) groups excluding carboxylic acids is 1. The number of rotatable bonds is 2. The van der Waals surface area contributed by atoms with Gasteiger partial charge in [0.15, 0.2) is 5.65 Å². The van der Waals surface area contributed by atoms with E-state index in [2.05, 4.69) is 32.2 Å². The van der Waals surface area contributed by atoms with Crippen molar-refractivity contribution >= 4 is 28.4 Å². The van der Waals surface area contributed by atoms with E-state index in [1.54, 1.807) is 4.90 Å². The van der Waals surface area contributed by atoms with Gasteiger partial charge in [-0.05, 0) is 26.3 Å². The minimum Gasteiger partial charge on any atom is -0.444 e. The van der Waals surface area contributed by atoms with Gasteiger partial charge < -0.3 is 14.5 Å². The van der Waals surface area contributed by atoms with E-state index >= 15 is 0 Å². The largest absolute Gasteiger partial charge is 0.444 e. The third-order valence-corrected chi connectivity index (χ3v) is 4.56. The second-order valence-corrected chi connectivity index (χ2v) is 7.59. The Morgan fingerprint density at radius 2 is 1.92 bits per heavy atom. The van der Waals surface area contributed by atoms with Crippen LogP contribution < -0.4 is 4.90 Å². The van der Waals surface area contributed by atoms with Gasteiger partial charge in [-0.15, -0.1) is 0 Å². The fraction of sp³-hybridized carbons (Fsp3) is 0.421. The molecule has 1 aliphatic heterocycles. The van der Waals surface area contributed by atoms with Crippen molar-refractivity contribution in [1.82, 2.24) is 20.1 Å². The summed E-state index contributed by atoms with van der Waals surface area (Å²) < 4.78 is 5.49. The van der Waals surface area contributed by atoms with Crippen LogP contribution in [0, 0.1) is 0 Å². The number of aromatic amines is 1. The lowest BCUT2D eigenvalue weighted by atomic mass is 9.97. The Bertz CT molecular complexity index is 898. The molecule has 0 bridgehead atoms. The summed E-state index contributed by atoms with van der Waals surface area (Å²) >= 11 is 0. The van der Waals surface area contributed by atoms with Crippen molar-refractivity contribution in [1.29, 1.82) is 0 Å². The lowest BCUT2D eigenvalue weighted by molar-refractivity contribution is 0.0240. The molecule has 1 fully saturated rings. The molecular formula is C19H23N5O2. The second-order valence-electron chi connectivity index (χ2n) is 7.59. The van der Waals surface area contributed by atoms with Gasteiger partial charge in [-0.25, -0.2) is 9.78 Å². The number of hydrogen-bond donors (Lipinski definition) is 1. The smallest absolute Gasteiger partial charge is 0.410 e. The number of piperazine rings is 1. The molecule has 2 aliphatic rings. The van der Waals surface area contributed by atoms with Crippen LogP contribution >= 0.6 is 0 Å². The molecule has 7 nitrogen and oxygen atoms in total. The van der Waals surface area contributed by atoms with E-state index in [9.17, 15) is 4.79 Å². The van der Waals surface area contributed by atoms with Gasteiger partial charge in [0.05, 0.1) is 17.3 Å². The van der Waals surface area contributed by atoms with Gasteiger partial charge in [0, 0.05) is 37.9 Å². The average Bonchev–Trinajstić information content (AvgIpc) is 3.00. The summed E-state index contributed by atoms with van der Waals surface area (Å²) in [5.41, 5.74) is 3.71. The van der Waals surface area contributed by atoms with Crippen LogP contribution in [0.3, 0.4) is 0 Å². The Balaban J connectivity index is 1.56. The van der Waals surface area contributed by atoms with E-state index in [1.807, 2.05) is 39.2 Å². The monoisotopic (exact) mass is 353 g/mol. The Kier molecular flexibility index (Phi) is 3.94. The maximum absolute atomic E-state index is 12.3. The zero-order valence-corrected chi connectivity index (χ0v) is 15.3. The predicted octanol–water partition coefficient (Wildman–Crippen LogP) is 2.97. The Labute approximate surface area is 152 Å². The van der Waals surface area contributed by atoms with Crippen molar-refractivity contribution < 1.29 is 9.53 Å². The quantitative estimate of drug-likeness (QED) is 0.898. The summed E-state index contributed by atoms with van der Waals surface area (Å²) in [7, 11) is 0. The number of pyridine rings is 1. The maximum atomic E-state index is 12.3. The first-order valence-corrected chi connectivity index (χ1v) is 8.86. The topological polar surface area (TPSA) is 74.3 Å². The second kappa shape index (κ2) is 6.16. The van der Waals surface area contributed by atoms with E-state index in [0.717, 1.165) is 35.4 Å². The first kappa shape index (κ1) is 16.6. The minimum atomic E-state index is -0.474. The highest BCUT2D eigenvalue weighted by Crippen LogP contribution is 2.36. The molecule has 136 valence electrons. The van der Waals surface area contributed by atoms with Gasteiger partial charge in [0.25, 0.3) is 0 Å². The van der Waals surface area contributed by atoms with Gasteiger partial charge in [0.1, 0.15) is 5.60 Å². The third kappa shape index (κ3) is 3.05. The fourth-order valence-corrected chi connectivity index (χ4v) is 3.25. The zero-order valence-electron chi connectivity index (χ0n) is 15.3. The molecule has 1 amide bonds. The number of carbonyl (C=O) groups is 1. The molecule has 3 heterocycles. The van der Waals surface area contributed by atoms with E-state index in [0.29, 0.717) is 13.1 Å². The Morgan fingerprint density at radius 3 is 2.54 bits per heavy atom. The maximum Gasteiger partial charge on any atom is 0.410 e. The highest BCUT2D eigenvalue weighted by Gasteiger charge is 2.28. The van der Waals surface area contributed by atoms with Gasteiger partial charge in [-0.3, -0.25) is 5.10 Å². The molecule has 26 heavy (non-hydrogen) atoms. The third-order valence-electron chi connectivity index (χ3n) is 4.56. The summed E-state index contributed by atoms with van der Waals surface area (Å²) in [4.78, 5) is 20.9. The van der Waals surface area contributed by atoms with E-state index in [4.69, 9.17) is 4.74 Å². The first-order chi connectivity index (χ1) is 12.4. The predicted molar refractivity (Wildman–Crippen MR) is 101 cm³/mol. The van der Waals surface area contributed by atoms with Crippen molar-refractivity contribution in [3.05, 3.63) is 36.2 Å². The zero-order chi connectivity index (χ0) is 18.3. The van der Waals surface area contributed by atoms with Gasteiger partial charge in [-0.2, -0.15) is 5.10 Å². The summed E-state index contributed by atoms with van der Waals surface area (Å²) in [6.45, 7) is 8.41. The van der Waals surface area contributed by atoms with Crippen molar-refractivity contribution in [3.8, 4) is 0 Å². The number of nitrogens with one attached hydrogen (secondary N) is 1. The van der Waals surface area contributed by atoms with Crippen LogP contribution in [-0.4, -0.2) is 58.0 Å². The molecule has 7 heteroatoms. The molecule has 1 N–H and O–H groups in total. The lowest BCUT2D eigenvalue weighted by Gasteiger charge is -2.37. The summed E-state index contributed by atoms with van der Waals surface area (Å²) in [5.74, 6) is 0. The van der Waals surface area contributed by atoms with Gasteiger partial charge in [-0.1, -0.05) is 18.2 Å². The number of anilines is 1. The number of H-pyrrole nitrogens is 1. The highest BCUT2D eigenvalue weighted by atomic mass is 16.6. The number of nitrogens with zero attached hydrogens (tertiary/aromatic N) is 4. The Hall–Kier alpha value is -2.83. The lowest BCUT2D eigenvalue weighted by Crippen LogP contribution is -2.50. The molecule has 2 aromatic heterocycles. The normalized spacial score (nSPS) is 17.3. The summed E-state index contributed by atoms with van der Waals surface area (Å²) in [5, 5.41) is 8.10. The van der Waals surface area contributed by atoms with Gasteiger partial charge >= 0.3 is 6.09 Å². The summed E-state index contributed by atoms with van der Waals surface area (Å²) in [6.07, 6.45) is 9.67. The molecule has 0 aromatic carbocycles. The molecule has 1 aliphatic carbocycles. The van der Waals surface area contributed by atoms with Crippen LogP contribution in [0.15, 0.2) is 30.6 Å². The van der Waals surface area contributed by atoms with Crippen molar-refractivity contribution in [2.24, 2.45) is 0 Å². The molecule has 0 unspecified atom stereocenters. The molecule has 0 radical (unpaired) electrons.